The molecule has 20 heavy (non-hydrogen) atoms. The van der Waals surface area contributed by atoms with E-state index in [4.69, 9.17) is 23.2 Å². The fraction of sp³-hybridized carbons (Fsp3) is 0.286. The molecule has 0 atom stereocenters. The van der Waals surface area contributed by atoms with E-state index in [0.29, 0.717) is 21.0 Å². The van der Waals surface area contributed by atoms with E-state index in [0.717, 1.165) is 5.69 Å². The van der Waals surface area contributed by atoms with Crippen LogP contribution in [-0.2, 0) is 5.41 Å². The Labute approximate surface area is 135 Å². The van der Waals surface area contributed by atoms with Gasteiger partial charge in [-0.15, -0.1) is 0 Å². The van der Waals surface area contributed by atoms with Crippen molar-refractivity contribution < 1.29 is 4.39 Å². The molecule has 0 radical (unpaired) electrons. The smallest absolute Gasteiger partial charge is 0.161 e. The predicted molar refractivity (Wildman–Crippen MR) is 83.8 cm³/mol. The molecule has 0 aliphatic heterocycles. The molecule has 106 valence electrons. The Morgan fingerprint density at radius 1 is 1.15 bits per heavy atom. The van der Waals surface area contributed by atoms with Crippen molar-refractivity contribution in [3.8, 4) is 11.4 Å². The van der Waals surface area contributed by atoms with Crippen LogP contribution in [0.25, 0.3) is 11.4 Å². The van der Waals surface area contributed by atoms with Crippen molar-refractivity contribution in [2.45, 2.75) is 26.2 Å². The first-order valence-corrected chi connectivity index (χ1v) is 7.44. The number of hydrogen-bond acceptors (Lipinski definition) is 2. The molecule has 0 N–H and O–H groups in total. The summed E-state index contributed by atoms with van der Waals surface area (Å²) < 4.78 is 13.9. The van der Waals surface area contributed by atoms with Crippen LogP contribution in [0.2, 0.25) is 10.2 Å². The van der Waals surface area contributed by atoms with Gasteiger partial charge in [-0.3, -0.25) is 0 Å². The van der Waals surface area contributed by atoms with E-state index in [1.807, 2.05) is 20.8 Å². The first-order chi connectivity index (χ1) is 9.20. The van der Waals surface area contributed by atoms with Crippen molar-refractivity contribution >= 4 is 39.1 Å². The van der Waals surface area contributed by atoms with Gasteiger partial charge in [-0.2, -0.15) is 0 Å². The Kier molecular flexibility index (Phi) is 4.38. The molecule has 0 saturated heterocycles. The summed E-state index contributed by atoms with van der Waals surface area (Å²) in [5.74, 6) is -0.0558. The molecule has 1 aromatic heterocycles. The molecule has 6 heteroatoms. The fourth-order valence-corrected chi connectivity index (χ4v) is 2.80. The number of benzene rings is 1. The Morgan fingerprint density at radius 2 is 1.80 bits per heavy atom. The number of nitrogens with zero attached hydrogens (tertiary/aromatic N) is 2. The first-order valence-electron chi connectivity index (χ1n) is 5.89. The van der Waals surface area contributed by atoms with Gasteiger partial charge < -0.3 is 0 Å². The quantitative estimate of drug-likeness (QED) is 0.600. The summed E-state index contributed by atoms with van der Waals surface area (Å²) in [4.78, 5) is 8.74. The summed E-state index contributed by atoms with van der Waals surface area (Å²) >= 11 is 15.3. The maximum atomic E-state index is 13.2. The zero-order valence-corrected chi connectivity index (χ0v) is 14.2. The maximum absolute atomic E-state index is 13.2. The SMILES string of the molecule is CC(C)(C)c1nc(-c2ccc(F)c(Cl)c2)nc(Cl)c1Br. The van der Waals surface area contributed by atoms with Gasteiger partial charge in [0, 0.05) is 11.0 Å². The van der Waals surface area contributed by atoms with Crippen LogP contribution in [0.1, 0.15) is 26.5 Å². The molecule has 2 rings (SSSR count). The summed E-state index contributed by atoms with van der Waals surface area (Å²) in [6.07, 6.45) is 0. The molecule has 0 bridgehead atoms. The van der Waals surface area contributed by atoms with Crippen molar-refractivity contribution in [1.82, 2.24) is 9.97 Å². The minimum Gasteiger partial charge on any atom is -0.231 e. The van der Waals surface area contributed by atoms with Gasteiger partial charge in [0.1, 0.15) is 11.0 Å². The molecule has 0 fully saturated rings. The van der Waals surface area contributed by atoms with Crippen LogP contribution in [0, 0.1) is 5.82 Å². The van der Waals surface area contributed by atoms with Crippen molar-refractivity contribution in [1.29, 1.82) is 0 Å². The molecule has 0 aliphatic rings. The van der Waals surface area contributed by atoms with E-state index in [9.17, 15) is 4.39 Å². The van der Waals surface area contributed by atoms with E-state index in [2.05, 4.69) is 25.9 Å². The normalized spacial score (nSPS) is 11.8. The molecule has 1 aromatic carbocycles. The zero-order chi connectivity index (χ0) is 15.1. The van der Waals surface area contributed by atoms with E-state index in [1.54, 1.807) is 6.07 Å². The van der Waals surface area contributed by atoms with Gasteiger partial charge in [-0.05, 0) is 34.1 Å². The lowest BCUT2D eigenvalue weighted by Crippen LogP contribution is -2.16. The van der Waals surface area contributed by atoms with Gasteiger partial charge in [0.25, 0.3) is 0 Å². The van der Waals surface area contributed by atoms with Gasteiger partial charge in [0.05, 0.1) is 15.2 Å². The zero-order valence-electron chi connectivity index (χ0n) is 11.1. The number of halogens is 4. The number of hydrogen-bond donors (Lipinski definition) is 0. The molecule has 0 spiro atoms. The van der Waals surface area contributed by atoms with E-state index < -0.39 is 5.82 Å². The third-order valence-corrected chi connectivity index (χ3v) is 4.24. The standard InChI is InChI=1S/C14H12BrCl2FN2/c1-14(2,3)11-10(15)12(17)20-13(19-11)7-4-5-9(18)8(16)6-7/h4-6H,1-3H3. The summed E-state index contributed by atoms with van der Waals surface area (Å²) in [6, 6.07) is 4.35. The fourth-order valence-electron chi connectivity index (χ4n) is 1.68. The molecule has 0 saturated carbocycles. The van der Waals surface area contributed by atoms with Crippen LogP contribution in [-0.4, -0.2) is 9.97 Å². The lowest BCUT2D eigenvalue weighted by atomic mass is 9.92. The molecule has 0 amide bonds. The number of rotatable bonds is 1. The topological polar surface area (TPSA) is 25.8 Å². The third-order valence-electron chi connectivity index (χ3n) is 2.70. The highest BCUT2D eigenvalue weighted by Gasteiger charge is 2.23. The predicted octanol–water partition coefficient (Wildman–Crippen LogP) is 5.65. The summed E-state index contributed by atoms with van der Waals surface area (Å²) in [6.45, 7) is 6.08. The highest BCUT2D eigenvalue weighted by molar-refractivity contribution is 9.10. The molecule has 0 aliphatic carbocycles. The third kappa shape index (κ3) is 3.13. The average Bonchev–Trinajstić information content (AvgIpc) is 2.34. The van der Waals surface area contributed by atoms with Gasteiger partial charge >= 0.3 is 0 Å². The maximum Gasteiger partial charge on any atom is 0.161 e. The second-order valence-electron chi connectivity index (χ2n) is 5.38. The molecule has 2 aromatic rings. The largest absolute Gasteiger partial charge is 0.231 e. The minimum absolute atomic E-state index is 0.0300. The second-order valence-corrected chi connectivity index (χ2v) is 6.94. The highest BCUT2D eigenvalue weighted by Crippen LogP contribution is 2.34. The number of aromatic nitrogens is 2. The Morgan fingerprint density at radius 3 is 2.35 bits per heavy atom. The Balaban J connectivity index is 2.63. The molecule has 2 nitrogen and oxygen atoms in total. The van der Waals surface area contributed by atoms with Crippen LogP contribution >= 0.6 is 39.1 Å². The van der Waals surface area contributed by atoms with Crippen LogP contribution in [0.15, 0.2) is 22.7 Å². The Bertz CT molecular complexity index is 669. The molecular weight excluding hydrogens is 366 g/mol. The summed E-state index contributed by atoms with van der Waals surface area (Å²) in [5, 5.41) is 0.350. The van der Waals surface area contributed by atoms with Crippen LogP contribution in [0.5, 0.6) is 0 Å². The van der Waals surface area contributed by atoms with Gasteiger partial charge in [0.2, 0.25) is 0 Å². The van der Waals surface area contributed by atoms with Crippen molar-refractivity contribution in [2.75, 3.05) is 0 Å². The van der Waals surface area contributed by atoms with E-state index in [-0.39, 0.29) is 10.4 Å². The van der Waals surface area contributed by atoms with E-state index in [1.165, 1.54) is 12.1 Å². The first kappa shape index (κ1) is 15.7. The van der Waals surface area contributed by atoms with Crippen molar-refractivity contribution in [3.05, 3.63) is 44.4 Å². The Hall–Kier alpha value is -0.710. The van der Waals surface area contributed by atoms with Crippen LogP contribution < -0.4 is 0 Å². The summed E-state index contributed by atoms with van der Waals surface area (Å²) in [7, 11) is 0. The monoisotopic (exact) mass is 376 g/mol. The van der Waals surface area contributed by atoms with Crippen LogP contribution in [0.4, 0.5) is 4.39 Å². The molecule has 0 unspecified atom stereocenters. The lowest BCUT2D eigenvalue weighted by Gasteiger charge is -2.20. The van der Waals surface area contributed by atoms with Gasteiger partial charge in [0.15, 0.2) is 5.82 Å². The summed E-state index contributed by atoms with van der Waals surface area (Å²) in [5.41, 5.74) is 1.20. The van der Waals surface area contributed by atoms with Crippen LogP contribution in [0.3, 0.4) is 0 Å². The molecule has 1 heterocycles. The van der Waals surface area contributed by atoms with Gasteiger partial charge in [-0.25, -0.2) is 14.4 Å². The van der Waals surface area contributed by atoms with Crippen molar-refractivity contribution in [3.63, 3.8) is 0 Å². The van der Waals surface area contributed by atoms with E-state index >= 15 is 0 Å². The molecular formula is C14H12BrCl2FN2. The lowest BCUT2D eigenvalue weighted by molar-refractivity contribution is 0.564. The van der Waals surface area contributed by atoms with Crippen molar-refractivity contribution in [2.24, 2.45) is 0 Å². The average molecular weight is 378 g/mol. The highest BCUT2D eigenvalue weighted by atomic mass is 79.9. The van der Waals surface area contributed by atoms with Gasteiger partial charge in [-0.1, -0.05) is 44.0 Å². The second kappa shape index (κ2) is 5.58. The minimum atomic E-state index is -0.477.